The summed E-state index contributed by atoms with van der Waals surface area (Å²) >= 11 is 8.22. The number of ether oxygens (including phenoxy) is 2. The van der Waals surface area contributed by atoms with Crippen LogP contribution in [0, 0.1) is 0 Å². The molecule has 1 fully saturated rings. The van der Waals surface area contributed by atoms with E-state index in [0.29, 0.717) is 25.9 Å². The van der Waals surface area contributed by atoms with Crippen molar-refractivity contribution in [3.63, 3.8) is 0 Å². The molecule has 1 saturated heterocycles. The summed E-state index contributed by atoms with van der Waals surface area (Å²) in [5.74, 6) is 1.25. The van der Waals surface area contributed by atoms with Crippen LogP contribution in [0.5, 0.6) is 5.75 Å². The number of aliphatic hydroxyl groups is 1. The van der Waals surface area contributed by atoms with Crippen LogP contribution in [0.25, 0.3) is 0 Å². The molecule has 3 atom stereocenters. The summed E-state index contributed by atoms with van der Waals surface area (Å²) in [5.41, 5.74) is 9.39. The molecule has 36 heavy (non-hydrogen) atoms. The van der Waals surface area contributed by atoms with Gasteiger partial charge in [0.15, 0.2) is 0 Å². The minimum Gasteiger partial charge on any atom is -0.494 e. The van der Waals surface area contributed by atoms with Gasteiger partial charge in [-0.15, -0.1) is 11.8 Å². The largest absolute Gasteiger partial charge is 0.494 e. The highest BCUT2D eigenvalue weighted by Gasteiger charge is 2.29. The van der Waals surface area contributed by atoms with Gasteiger partial charge in [-0.05, 0) is 65.9 Å². The van der Waals surface area contributed by atoms with Crippen molar-refractivity contribution in [2.75, 3.05) is 12.4 Å². The lowest BCUT2D eigenvalue weighted by molar-refractivity contribution is -0.117. The highest BCUT2D eigenvalue weighted by Crippen LogP contribution is 2.35. The Bertz CT molecular complexity index is 1150. The summed E-state index contributed by atoms with van der Waals surface area (Å²) in [6.07, 6.45) is 1.44. The topological polar surface area (TPSA) is 81.8 Å². The average Bonchev–Trinajstić information content (AvgIpc) is 2.85. The lowest BCUT2D eigenvalue weighted by Gasteiger charge is -2.33. The zero-order valence-corrected chi connectivity index (χ0v) is 21.9. The molecule has 0 aliphatic carbocycles. The van der Waals surface area contributed by atoms with Crippen molar-refractivity contribution < 1.29 is 19.4 Å². The molecular weight excluding hydrogens is 494 g/mol. The molecule has 3 N–H and O–H groups in total. The first-order valence-corrected chi connectivity index (χ1v) is 13.6. The van der Waals surface area contributed by atoms with Gasteiger partial charge in [-0.2, -0.15) is 0 Å². The third-order valence-corrected chi connectivity index (χ3v) is 7.70. The van der Waals surface area contributed by atoms with Crippen LogP contribution in [-0.4, -0.2) is 35.6 Å². The molecule has 0 radical (unpaired) electrons. The Balaban J connectivity index is 1.39. The number of carbonyl (C=O) groups excluding carboxylic acids is 1. The van der Waals surface area contributed by atoms with E-state index in [4.69, 9.17) is 26.8 Å². The summed E-state index contributed by atoms with van der Waals surface area (Å²) in [6, 6.07) is 21.9. The zero-order valence-electron chi connectivity index (χ0n) is 20.4. The Morgan fingerprint density at radius 1 is 1.08 bits per heavy atom. The number of aliphatic hydroxyl groups excluding tert-OH is 1. The fourth-order valence-electron chi connectivity index (χ4n) is 4.43. The highest BCUT2D eigenvalue weighted by atomic mass is 35.5. The number of carbonyl (C=O) groups is 1. The third kappa shape index (κ3) is 7.50. The Hall–Kier alpha value is -2.51. The zero-order chi connectivity index (χ0) is 25.5. The van der Waals surface area contributed by atoms with Crippen molar-refractivity contribution in [1.82, 2.24) is 0 Å². The molecule has 0 spiro atoms. The van der Waals surface area contributed by atoms with E-state index in [1.165, 1.54) is 0 Å². The summed E-state index contributed by atoms with van der Waals surface area (Å²) in [7, 11) is 0. The normalized spacial score (nSPS) is 19.7. The van der Waals surface area contributed by atoms with Gasteiger partial charge in [0.25, 0.3) is 0 Å². The van der Waals surface area contributed by atoms with Gasteiger partial charge in [0.2, 0.25) is 5.91 Å². The minimum atomic E-state index is -0.419. The van der Waals surface area contributed by atoms with Gasteiger partial charge in [0.1, 0.15) is 5.75 Å². The second-order valence-corrected chi connectivity index (χ2v) is 10.6. The van der Waals surface area contributed by atoms with E-state index >= 15 is 0 Å². The average molecular weight is 526 g/mol. The van der Waals surface area contributed by atoms with Crippen molar-refractivity contribution in [2.24, 2.45) is 5.73 Å². The maximum absolute atomic E-state index is 11.1. The molecule has 3 aromatic carbocycles. The third-order valence-electron chi connectivity index (χ3n) is 6.19. The first-order valence-electron chi connectivity index (χ1n) is 12.2. The molecule has 3 aromatic rings. The molecule has 0 aromatic heterocycles. The van der Waals surface area contributed by atoms with Gasteiger partial charge in [0, 0.05) is 28.5 Å². The molecule has 1 amide bonds. The van der Waals surface area contributed by atoms with Crippen LogP contribution in [0.3, 0.4) is 0 Å². The number of rotatable bonds is 10. The van der Waals surface area contributed by atoms with Crippen LogP contribution < -0.4 is 10.5 Å². The highest BCUT2D eigenvalue weighted by molar-refractivity contribution is 7.99. The van der Waals surface area contributed by atoms with Gasteiger partial charge in [-0.3, -0.25) is 4.79 Å². The number of nitrogens with two attached hydrogens (primary N) is 1. The number of hydrogen-bond acceptors (Lipinski definition) is 5. The predicted molar refractivity (Wildman–Crippen MR) is 145 cm³/mol. The predicted octanol–water partition coefficient (Wildman–Crippen LogP) is 5.73. The van der Waals surface area contributed by atoms with Gasteiger partial charge in [-0.1, -0.05) is 48.0 Å². The monoisotopic (exact) mass is 525 g/mol. The molecule has 5 nitrogen and oxygen atoms in total. The lowest BCUT2D eigenvalue weighted by atomic mass is 9.94. The Morgan fingerprint density at radius 2 is 1.81 bits per heavy atom. The van der Waals surface area contributed by atoms with Gasteiger partial charge >= 0.3 is 0 Å². The molecule has 1 unspecified atom stereocenters. The molecule has 1 heterocycles. The standard InChI is InChI=1S/C29H32ClNO4S/c1-2-34-24-8-3-19(4-9-24)13-22-15-21(7-12-27(22)30)28-17-23(32)16-25(35-28)18-36-26-10-5-20(6-11-26)14-29(31)33/h3-12,15,23,25,28,32H,2,13-14,16-18H2,1H3,(H2,31,33)/t23-,25?,28+/m0/s1. The number of primary amides is 1. The van der Waals surface area contributed by atoms with Gasteiger partial charge < -0.3 is 20.3 Å². The number of benzene rings is 3. The molecule has 190 valence electrons. The van der Waals surface area contributed by atoms with Crippen LogP contribution in [0.2, 0.25) is 5.02 Å². The summed E-state index contributed by atoms with van der Waals surface area (Å²) in [6.45, 7) is 2.61. The van der Waals surface area contributed by atoms with Crippen LogP contribution in [0.15, 0.2) is 71.6 Å². The van der Waals surface area contributed by atoms with E-state index in [9.17, 15) is 9.90 Å². The van der Waals surface area contributed by atoms with Crippen LogP contribution in [-0.2, 0) is 22.4 Å². The van der Waals surface area contributed by atoms with E-state index in [1.54, 1.807) is 11.8 Å². The first-order chi connectivity index (χ1) is 17.4. The minimum absolute atomic E-state index is 0.0701. The Kier molecular flexibility index (Phi) is 9.32. The van der Waals surface area contributed by atoms with E-state index in [2.05, 4.69) is 18.2 Å². The van der Waals surface area contributed by atoms with Crippen LogP contribution in [0.4, 0.5) is 0 Å². The fraction of sp³-hybridized carbons (Fsp3) is 0.345. The van der Waals surface area contributed by atoms with Crippen molar-refractivity contribution in [3.8, 4) is 5.75 Å². The number of hydrogen-bond donors (Lipinski definition) is 2. The van der Waals surface area contributed by atoms with Crippen molar-refractivity contribution in [1.29, 1.82) is 0 Å². The van der Waals surface area contributed by atoms with Gasteiger partial charge in [0.05, 0.1) is 31.3 Å². The summed E-state index contributed by atoms with van der Waals surface area (Å²) in [5, 5.41) is 11.3. The van der Waals surface area contributed by atoms with Crippen molar-refractivity contribution in [3.05, 3.63) is 94.0 Å². The van der Waals surface area contributed by atoms with E-state index in [0.717, 1.165) is 43.7 Å². The molecule has 4 rings (SSSR count). The second-order valence-electron chi connectivity index (χ2n) is 9.07. The molecule has 1 aliphatic rings. The smallest absolute Gasteiger partial charge is 0.221 e. The Morgan fingerprint density at radius 3 is 2.50 bits per heavy atom. The van der Waals surface area contributed by atoms with Crippen LogP contribution >= 0.6 is 23.4 Å². The van der Waals surface area contributed by atoms with E-state index in [1.807, 2.05) is 55.5 Å². The summed E-state index contributed by atoms with van der Waals surface area (Å²) < 4.78 is 12.0. The van der Waals surface area contributed by atoms with Crippen molar-refractivity contribution >= 4 is 29.3 Å². The molecule has 0 saturated carbocycles. The van der Waals surface area contributed by atoms with Crippen LogP contribution in [0.1, 0.15) is 48.1 Å². The van der Waals surface area contributed by atoms with E-state index < -0.39 is 6.10 Å². The second kappa shape index (κ2) is 12.6. The molecule has 0 bridgehead atoms. The Labute approximate surface area is 222 Å². The maximum Gasteiger partial charge on any atom is 0.221 e. The molecule has 1 aliphatic heterocycles. The number of thioether (sulfide) groups is 1. The lowest BCUT2D eigenvalue weighted by Crippen LogP contribution is -2.32. The first kappa shape index (κ1) is 26.6. The molecule has 7 heteroatoms. The SMILES string of the molecule is CCOc1ccc(Cc2cc([C@H]3C[C@@H](O)CC(CSc4ccc(CC(N)=O)cc4)O3)ccc2Cl)cc1. The number of amides is 1. The molecular formula is C29H32ClNO4S. The number of halogens is 1. The summed E-state index contributed by atoms with van der Waals surface area (Å²) in [4.78, 5) is 12.2. The van der Waals surface area contributed by atoms with Crippen molar-refractivity contribution in [2.45, 2.75) is 55.8 Å². The maximum atomic E-state index is 11.1. The quantitative estimate of drug-likeness (QED) is 0.330. The fourth-order valence-corrected chi connectivity index (χ4v) is 5.53. The van der Waals surface area contributed by atoms with Gasteiger partial charge in [-0.25, -0.2) is 0 Å². The van der Waals surface area contributed by atoms with E-state index in [-0.39, 0.29) is 24.5 Å².